The van der Waals surface area contributed by atoms with Crippen molar-refractivity contribution in [2.75, 3.05) is 4.90 Å². The molecule has 0 aromatic heterocycles. The summed E-state index contributed by atoms with van der Waals surface area (Å²) in [4.78, 5) is 16.3. The highest BCUT2D eigenvalue weighted by Crippen LogP contribution is 2.70. The summed E-state index contributed by atoms with van der Waals surface area (Å²) < 4.78 is 0. The fraction of sp³-hybridized carbons (Fsp3) is 0.444. The molecule has 2 bridgehead atoms. The second-order valence-electron chi connectivity index (χ2n) is 7.80. The Bertz CT molecular complexity index is 693. The smallest absolute Gasteiger partial charge is 0.236 e. The molecule has 0 spiro atoms. The molecule has 4 atom stereocenters. The number of hydrogen-bond donors (Lipinski definition) is 0. The van der Waals surface area contributed by atoms with Crippen LogP contribution in [0, 0.1) is 17.8 Å². The normalized spacial score (nSPS) is 36.3. The lowest BCUT2D eigenvalue weighted by molar-refractivity contribution is -0.120. The number of nitrogens with zero attached hydrogens (tertiary/aromatic N) is 1. The monoisotopic (exact) mass is 327 g/mol. The average Bonchev–Trinajstić information content (AvgIpc) is 3.11. The number of allylic oxidation sites excluding steroid dienone is 2. The molecule has 2 fully saturated rings. The van der Waals surface area contributed by atoms with E-state index in [1.165, 1.54) is 0 Å². The quantitative estimate of drug-likeness (QED) is 0.459. The third kappa shape index (κ3) is 1.50. The van der Waals surface area contributed by atoms with Crippen molar-refractivity contribution in [3.8, 4) is 0 Å². The molecule has 1 aliphatic heterocycles. The van der Waals surface area contributed by atoms with Gasteiger partial charge in [-0.3, -0.25) is 9.69 Å². The minimum absolute atomic E-state index is 0.233. The SMILES string of the molecule is C[Si](C)(C)[C@@]12C(=O)N(c3ccccc3)C(=S)[C@@H]1[C@@H]1C=C[C@H]2C1. The van der Waals surface area contributed by atoms with E-state index in [9.17, 15) is 4.79 Å². The summed E-state index contributed by atoms with van der Waals surface area (Å²) in [5, 5.41) is -0.237. The van der Waals surface area contributed by atoms with Gasteiger partial charge in [-0.1, -0.05) is 62.2 Å². The molecule has 1 aromatic carbocycles. The van der Waals surface area contributed by atoms with E-state index >= 15 is 0 Å². The summed E-state index contributed by atoms with van der Waals surface area (Å²) in [6.45, 7) is 7.01. The van der Waals surface area contributed by atoms with Crippen LogP contribution in [0.2, 0.25) is 24.7 Å². The topological polar surface area (TPSA) is 20.3 Å². The molecule has 1 saturated carbocycles. The standard InChI is InChI=1S/C18H21NOSSi/c1-22(2,3)18-13-10-9-12(11-13)15(18)16(21)19(17(18)20)14-7-5-4-6-8-14/h4-10,12-13,15H,11H2,1-3H3/t12-,13+,15+,18-/m1/s1. The van der Waals surface area contributed by atoms with Crippen LogP contribution in [-0.2, 0) is 4.79 Å². The first-order valence-corrected chi connectivity index (χ1v) is 11.9. The Morgan fingerprint density at radius 3 is 2.45 bits per heavy atom. The van der Waals surface area contributed by atoms with Crippen LogP contribution in [0.15, 0.2) is 42.5 Å². The van der Waals surface area contributed by atoms with E-state index in [4.69, 9.17) is 12.2 Å². The van der Waals surface area contributed by atoms with E-state index in [1.54, 1.807) is 0 Å². The number of amides is 1. The van der Waals surface area contributed by atoms with E-state index in [0.717, 1.165) is 17.1 Å². The fourth-order valence-corrected chi connectivity index (χ4v) is 9.16. The van der Waals surface area contributed by atoms with E-state index in [0.29, 0.717) is 11.8 Å². The average molecular weight is 328 g/mol. The van der Waals surface area contributed by atoms with E-state index in [2.05, 4.69) is 31.8 Å². The molecular formula is C18H21NOSSi. The van der Waals surface area contributed by atoms with Crippen molar-refractivity contribution in [2.45, 2.75) is 31.1 Å². The lowest BCUT2D eigenvalue weighted by Crippen LogP contribution is -2.50. The maximum Gasteiger partial charge on any atom is 0.236 e. The molecule has 1 aromatic rings. The van der Waals surface area contributed by atoms with E-state index in [1.807, 2.05) is 35.2 Å². The van der Waals surface area contributed by atoms with Gasteiger partial charge < -0.3 is 0 Å². The van der Waals surface area contributed by atoms with Crippen LogP contribution in [0.25, 0.3) is 0 Å². The Kier molecular flexibility index (Phi) is 2.86. The minimum atomic E-state index is -1.74. The molecule has 2 nitrogen and oxygen atoms in total. The Balaban J connectivity index is 1.90. The highest BCUT2D eigenvalue weighted by Gasteiger charge is 2.72. The van der Waals surface area contributed by atoms with Crippen LogP contribution in [0.4, 0.5) is 5.69 Å². The number of rotatable bonds is 2. The van der Waals surface area contributed by atoms with Gasteiger partial charge in [0.15, 0.2) is 0 Å². The highest BCUT2D eigenvalue weighted by atomic mass is 32.1. The van der Waals surface area contributed by atoms with Gasteiger partial charge in [-0.05, 0) is 30.4 Å². The summed E-state index contributed by atoms with van der Waals surface area (Å²) in [5.41, 5.74) is 0.934. The molecule has 3 aliphatic rings. The van der Waals surface area contributed by atoms with E-state index < -0.39 is 8.07 Å². The molecule has 114 valence electrons. The van der Waals surface area contributed by atoms with Gasteiger partial charge >= 0.3 is 0 Å². The van der Waals surface area contributed by atoms with Crippen molar-refractivity contribution in [2.24, 2.45) is 17.8 Å². The van der Waals surface area contributed by atoms with Crippen LogP contribution in [0.1, 0.15) is 6.42 Å². The number of fused-ring (bicyclic) bond motifs is 5. The van der Waals surface area contributed by atoms with Crippen molar-refractivity contribution in [3.63, 3.8) is 0 Å². The molecule has 1 amide bonds. The number of para-hydroxylation sites is 1. The minimum Gasteiger partial charge on any atom is -0.274 e. The largest absolute Gasteiger partial charge is 0.274 e. The number of carbonyl (C=O) groups excluding carboxylic acids is 1. The number of hydrogen-bond acceptors (Lipinski definition) is 2. The predicted molar refractivity (Wildman–Crippen MR) is 96.8 cm³/mol. The van der Waals surface area contributed by atoms with Crippen molar-refractivity contribution in [3.05, 3.63) is 42.5 Å². The van der Waals surface area contributed by atoms with Gasteiger partial charge in [0, 0.05) is 11.6 Å². The van der Waals surface area contributed by atoms with Crippen LogP contribution in [0.3, 0.4) is 0 Å². The fourth-order valence-electron chi connectivity index (χ4n) is 5.14. The summed E-state index contributed by atoms with van der Waals surface area (Å²) >= 11 is 5.84. The molecule has 1 saturated heterocycles. The zero-order valence-corrected chi connectivity index (χ0v) is 15.1. The Hall–Kier alpha value is -1.26. The lowest BCUT2D eigenvalue weighted by Gasteiger charge is -2.43. The number of benzene rings is 1. The molecule has 0 N–H and O–H groups in total. The zero-order valence-electron chi connectivity index (χ0n) is 13.2. The second-order valence-corrected chi connectivity index (χ2v) is 13.5. The van der Waals surface area contributed by atoms with Crippen LogP contribution in [-0.4, -0.2) is 19.0 Å². The van der Waals surface area contributed by atoms with Crippen LogP contribution in [0.5, 0.6) is 0 Å². The van der Waals surface area contributed by atoms with Crippen LogP contribution < -0.4 is 4.90 Å². The van der Waals surface area contributed by atoms with Gasteiger partial charge in [-0.15, -0.1) is 0 Å². The number of thiocarbonyl (C=S) groups is 1. The van der Waals surface area contributed by atoms with Crippen molar-refractivity contribution in [1.29, 1.82) is 0 Å². The van der Waals surface area contributed by atoms with Crippen molar-refractivity contribution >= 4 is 36.9 Å². The molecule has 1 heterocycles. The first-order chi connectivity index (χ1) is 10.4. The first-order valence-electron chi connectivity index (χ1n) is 8.01. The van der Waals surface area contributed by atoms with Crippen LogP contribution >= 0.6 is 12.2 Å². The summed E-state index contributed by atoms with van der Waals surface area (Å²) in [5.74, 6) is 1.34. The van der Waals surface area contributed by atoms with Gasteiger partial charge in [0.2, 0.25) is 5.91 Å². The van der Waals surface area contributed by atoms with Gasteiger partial charge in [0.1, 0.15) is 0 Å². The first kappa shape index (κ1) is 14.3. The van der Waals surface area contributed by atoms with Gasteiger partial charge in [0.05, 0.1) is 18.1 Å². The summed E-state index contributed by atoms with van der Waals surface area (Å²) in [6.07, 6.45) is 5.72. The molecule has 0 radical (unpaired) electrons. The third-order valence-electron chi connectivity index (χ3n) is 5.92. The Labute approximate surface area is 138 Å². The maximum atomic E-state index is 13.6. The molecule has 22 heavy (non-hydrogen) atoms. The lowest BCUT2D eigenvalue weighted by atomic mass is 9.84. The second kappa shape index (κ2) is 4.39. The Morgan fingerprint density at radius 1 is 1.18 bits per heavy atom. The van der Waals surface area contributed by atoms with Crippen molar-refractivity contribution in [1.82, 2.24) is 0 Å². The number of anilines is 1. The summed E-state index contributed by atoms with van der Waals surface area (Å²) in [7, 11) is -1.74. The molecule has 2 aliphatic carbocycles. The molecule has 4 heteroatoms. The highest BCUT2D eigenvalue weighted by molar-refractivity contribution is 7.80. The van der Waals surface area contributed by atoms with Crippen molar-refractivity contribution < 1.29 is 4.79 Å². The molecule has 4 rings (SSSR count). The predicted octanol–water partition coefficient (Wildman–Crippen LogP) is 4.26. The third-order valence-corrected chi connectivity index (χ3v) is 9.73. The summed E-state index contributed by atoms with van der Waals surface area (Å²) in [6, 6.07) is 9.94. The van der Waals surface area contributed by atoms with Gasteiger partial charge in [0.25, 0.3) is 0 Å². The number of carbonyl (C=O) groups is 1. The molecule has 0 unspecified atom stereocenters. The van der Waals surface area contributed by atoms with Gasteiger partial charge in [-0.25, -0.2) is 0 Å². The maximum absolute atomic E-state index is 13.6. The zero-order chi connectivity index (χ0) is 15.7. The Morgan fingerprint density at radius 2 is 1.86 bits per heavy atom. The molecular weight excluding hydrogens is 306 g/mol. The van der Waals surface area contributed by atoms with Gasteiger partial charge in [-0.2, -0.15) is 0 Å². The van der Waals surface area contributed by atoms with E-state index in [-0.39, 0.29) is 16.9 Å².